The summed E-state index contributed by atoms with van der Waals surface area (Å²) in [6, 6.07) is 8.26. The summed E-state index contributed by atoms with van der Waals surface area (Å²) in [5.74, 6) is 1.34. The van der Waals surface area contributed by atoms with Gasteiger partial charge in [-0.3, -0.25) is 4.98 Å². The predicted molar refractivity (Wildman–Crippen MR) is 79.6 cm³/mol. The quantitative estimate of drug-likeness (QED) is 0.871. The fraction of sp³-hybridized carbons (Fsp3) is 0.333. The second kappa shape index (κ2) is 6.86. The van der Waals surface area contributed by atoms with Crippen molar-refractivity contribution < 1.29 is 4.74 Å². The van der Waals surface area contributed by atoms with Crippen molar-refractivity contribution in [3.8, 4) is 5.88 Å². The van der Waals surface area contributed by atoms with Crippen molar-refractivity contribution >= 4 is 5.82 Å². The highest BCUT2D eigenvalue weighted by Gasteiger charge is 2.06. The molecular formula is C15H20N4O. The van der Waals surface area contributed by atoms with Crippen LogP contribution in [0.25, 0.3) is 0 Å². The average Bonchev–Trinajstić information content (AvgIpc) is 2.48. The normalized spacial score (nSPS) is 10.3. The maximum Gasteiger partial charge on any atom is 0.234 e. The van der Waals surface area contributed by atoms with Crippen LogP contribution in [0, 0.1) is 0 Å². The van der Waals surface area contributed by atoms with Crippen molar-refractivity contribution in [1.82, 2.24) is 9.97 Å². The summed E-state index contributed by atoms with van der Waals surface area (Å²) in [5.41, 5.74) is 7.93. The van der Waals surface area contributed by atoms with Crippen LogP contribution in [0.3, 0.4) is 0 Å². The molecule has 1 aromatic carbocycles. The minimum Gasteiger partial charge on any atom is -0.477 e. The van der Waals surface area contributed by atoms with E-state index in [1.54, 1.807) is 12.4 Å². The molecule has 0 bridgehead atoms. The maximum atomic E-state index is 5.59. The molecule has 0 radical (unpaired) electrons. The lowest BCUT2D eigenvalue weighted by Gasteiger charge is -2.18. The number of hydrogen-bond donors (Lipinski definition) is 1. The molecule has 0 aliphatic heterocycles. The lowest BCUT2D eigenvalue weighted by molar-refractivity contribution is 0.325. The molecule has 1 heterocycles. The number of ether oxygens (including phenoxy) is 1. The van der Waals surface area contributed by atoms with E-state index in [-0.39, 0.29) is 0 Å². The van der Waals surface area contributed by atoms with Crippen LogP contribution in [0.2, 0.25) is 0 Å². The monoisotopic (exact) mass is 272 g/mol. The first-order valence-corrected chi connectivity index (χ1v) is 6.66. The highest BCUT2D eigenvalue weighted by atomic mass is 16.5. The zero-order valence-electron chi connectivity index (χ0n) is 11.9. The number of aromatic nitrogens is 2. The Hall–Kier alpha value is -2.14. The van der Waals surface area contributed by atoms with Gasteiger partial charge in [-0.15, -0.1) is 0 Å². The van der Waals surface area contributed by atoms with Crippen molar-refractivity contribution in [1.29, 1.82) is 0 Å². The Balaban J connectivity index is 2.06. The van der Waals surface area contributed by atoms with Crippen LogP contribution in [0.5, 0.6) is 5.88 Å². The van der Waals surface area contributed by atoms with Crippen molar-refractivity contribution in [3.05, 3.63) is 47.8 Å². The van der Waals surface area contributed by atoms with Crippen LogP contribution >= 0.6 is 0 Å². The molecule has 106 valence electrons. The highest BCUT2D eigenvalue weighted by Crippen LogP contribution is 2.15. The van der Waals surface area contributed by atoms with Crippen LogP contribution in [-0.4, -0.2) is 23.6 Å². The van der Waals surface area contributed by atoms with Crippen LogP contribution < -0.4 is 15.4 Å². The summed E-state index contributed by atoms with van der Waals surface area (Å²) >= 11 is 0. The Morgan fingerprint density at radius 2 is 1.85 bits per heavy atom. The summed E-state index contributed by atoms with van der Waals surface area (Å²) in [4.78, 5) is 10.6. The minimum absolute atomic E-state index is 0.551. The zero-order valence-corrected chi connectivity index (χ0v) is 11.9. The van der Waals surface area contributed by atoms with E-state index < -0.39 is 0 Å². The van der Waals surface area contributed by atoms with Gasteiger partial charge >= 0.3 is 0 Å². The van der Waals surface area contributed by atoms with Crippen LogP contribution in [-0.2, 0) is 13.1 Å². The van der Waals surface area contributed by atoms with E-state index in [0.717, 1.165) is 17.9 Å². The summed E-state index contributed by atoms with van der Waals surface area (Å²) in [6.45, 7) is 3.84. The Kier molecular flexibility index (Phi) is 4.90. The Morgan fingerprint density at radius 3 is 2.50 bits per heavy atom. The SMILES string of the molecule is CCOc1cncc(N(C)Cc2ccc(CN)cc2)n1. The number of benzene rings is 1. The third kappa shape index (κ3) is 3.68. The first-order valence-electron chi connectivity index (χ1n) is 6.66. The molecular weight excluding hydrogens is 252 g/mol. The second-order valence-corrected chi connectivity index (χ2v) is 4.53. The topological polar surface area (TPSA) is 64.3 Å². The average molecular weight is 272 g/mol. The van der Waals surface area contributed by atoms with E-state index in [1.807, 2.05) is 31.0 Å². The van der Waals surface area contributed by atoms with Crippen LogP contribution in [0.1, 0.15) is 18.1 Å². The minimum atomic E-state index is 0.551. The molecule has 0 unspecified atom stereocenters. The molecule has 2 rings (SSSR count). The molecule has 0 amide bonds. The third-order valence-corrected chi connectivity index (χ3v) is 2.96. The fourth-order valence-corrected chi connectivity index (χ4v) is 1.88. The molecule has 0 saturated carbocycles. The molecule has 5 nitrogen and oxygen atoms in total. The van der Waals surface area contributed by atoms with E-state index in [1.165, 1.54) is 5.56 Å². The molecule has 0 saturated heterocycles. The second-order valence-electron chi connectivity index (χ2n) is 4.53. The molecule has 5 heteroatoms. The van der Waals surface area contributed by atoms with Gasteiger partial charge in [0.05, 0.1) is 19.0 Å². The summed E-state index contributed by atoms with van der Waals surface area (Å²) < 4.78 is 5.36. The molecule has 0 aliphatic carbocycles. The van der Waals surface area contributed by atoms with Crippen LogP contribution in [0.15, 0.2) is 36.7 Å². The number of anilines is 1. The maximum absolute atomic E-state index is 5.59. The molecule has 2 N–H and O–H groups in total. The summed E-state index contributed by atoms with van der Waals surface area (Å²) in [6.07, 6.45) is 3.35. The first-order chi connectivity index (χ1) is 9.72. The van der Waals surface area contributed by atoms with E-state index in [4.69, 9.17) is 10.5 Å². The Labute approximate surface area is 119 Å². The van der Waals surface area contributed by atoms with Crippen molar-refractivity contribution in [2.75, 3.05) is 18.6 Å². The van der Waals surface area contributed by atoms with Crippen molar-refractivity contribution in [2.45, 2.75) is 20.0 Å². The molecule has 0 atom stereocenters. The smallest absolute Gasteiger partial charge is 0.234 e. The summed E-state index contributed by atoms with van der Waals surface area (Å²) in [7, 11) is 1.98. The van der Waals surface area contributed by atoms with E-state index in [9.17, 15) is 0 Å². The molecule has 0 spiro atoms. The molecule has 20 heavy (non-hydrogen) atoms. The molecule has 2 aromatic rings. The largest absolute Gasteiger partial charge is 0.477 e. The molecule has 1 aromatic heterocycles. The fourth-order valence-electron chi connectivity index (χ4n) is 1.88. The Bertz CT molecular complexity index is 542. The first kappa shape index (κ1) is 14.3. The van der Waals surface area contributed by atoms with Gasteiger partial charge in [-0.05, 0) is 18.1 Å². The number of nitrogens with two attached hydrogens (primary N) is 1. The number of hydrogen-bond acceptors (Lipinski definition) is 5. The van der Waals surface area contributed by atoms with E-state index in [0.29, 0.717) is 19.0 Å². The molecule has 0 fully saturated rings. The van der Waals surface area contributed by atoms with Crippen LogP contribution in [0.4, 0.5) is 5.82 Å². The van der Waals surface area contributed by atoms with Gasteiger partial charge in [-0.2, -0.15) is 4.98 Å². The third-order valence-electron chi connectivity index (χ3n) is 2.96. The van der Waals surface area contributed by atoms with Gasteiger partial charge in [0.25, 0.3) is 0 Å². The van der Waals surface area contributed by atoms with Gasteiger partial charge in [-0.1, -0.05) is 24.3 Å². The van der Waals surface area contributed by atoms with Crippen molar-refractivity contribution in [3.63, 3.8) is 0 Å². The standard InChI is InChI=1S/C15H20N4O/c1-3-20-15-10-17-9-14(18-15)19(2)11-13-6-4-12(8-16)5-7-13/h4-7,9-10H,3,8,11,16H2,1-2H3. The van der Waals surface area contributed by atoms with Gasteiger partial charge < -0.3 is 15.4 Å². The molecule has 0 aliphatic rings. The van der Waals surface area contributed by atoms with Crippen molar-refractivity contribution in [2.24, 2.45) is 5.73 Å². The summed E-state index contributed by atoms with van der Waals surface area (Å²) in [5, 5.41) is 0. The number of rotatable bonds is 6. The zero-order chi connectivity index (χ0) is 14.4. The van der Waals surface area contributed by atoms with Gasteiger partial charge in [0.15, 0.2) is 5.82 Å². The van der Waals surface area contributed by atoms with E-state index >= 15 is 0 Å². The van der Waals surface area contributed by atoms with Gasteiger partial charge in [-0.25, -0.2) is 0 Å². The Morgan fingerprint density at radius 1 is 1.15 bits per heavy atom. The predicted octanol–water partition coefficient (Wildman–Crippen LogP) is 1.97. The van der Waals surface area contributed by atoms with Gasteiger partial charge in [0.2, 0.25) is 5.88 Å². The van der Waals surface area contributed by atoms with E-state index in [2.05, 4.69) is 22.1 Å². The lowest BCUT2D eigenvalue weighted by Crippen LogP contribution is -2.18. The highest BCUT2D eigenvalue weighted by molar-refractivity contribution is 5.38. The van der Waals surface area contributed by atoms with Gasteiger partial charge in [0, 0.05) is 20.1 Å². The lowest BCUT2D eigenvalue weighted by atomic mass is 10.1. The van der Waals surface area contributed by atoms with Gasteiger partial charge in [0.1, 0.15) is 0 Å². The number of nitrogens with zero attached hydrogens (tertiary/aromatic N) is 3.